The van der Waals surface area contributed by atoms with Crippen LogP contribution in [0.15, 0.2) is 0 Å². The highest BCUT2D eigenvalue weighted by Crippen LogP contribution is 2.32. The Bertz CT molecular complexity index is 290. The molecular weight excluding hydrogens is 206 g/mol. The first kappa shape index (κ1) is 11.4. The maximum Gasteiger partial charge on any atom is 0.328 e. The maximum atomic E-state index is 11.8. The van der Waals surface area contributed by atoms with Crippen molar-refractivity contribution in [3.63, 3.8) is 0 Å². The molecule has 0 spiro atoms. The van der Waals surface area contributed by atoms with Crippen molar-refractivity contribution in [1.82, 2.24) is 4.90 Å². The van der Waals surface area contributed by atoms with E-state index in [-0.39, 0.29) is 17.9 Å². The molecule has 0 saturated carbocycles. The van der Waals surface area contributed by atoms with Crippen LogP contribution in [0.2, 0.25) is 0 Å². The van der Waals surface area contributed by atoms with E-state index >= 15 is 0 Å². The first-order chi connectivity index (χ1) is 7.72. The Morgan fingerprint density at radius 3 is 3.06 bits per heavy atom. The van der Waals surface area contributed by atoms with E-state index in [1.54, 1.807) is 4.90 Å². The summed E-state index contributed by atoms with van der Waals surface area (Å²) in [5, 5.41) is 0. The van der Waals surface area contributed by atoms with Crippen molar-refractivity contribution in [3.05, 3.63) is 0 Å². The molecule has 2 heterocycles. The molecule has 2 aliphatic rings. The number of amides is 1. The predicted molar refractivity (Wildman–Crippen MR) is 58.7 cm³/mol. The van der Waals surface area contributed by atoms with E-state index in [1.807, 2.05) is 0 Å². The highest BCUT2D eigenvalue weighted by atomic mass is 16.5. The molecule has 2 bridgehead atoms. The minimum atomic E-state index is -0.303. The molecule has 2 atom stereocenters. The fourth-order valence-corrected chi connectivity index (χ4v) is 2.51. The Morgan fingerprint density at radius 2 is 2.31 bits per heavy atom. The minimum Gasteiger partial charge on any atom is -0.464 e. The lowest BCUT2D eigenvalue weighted by molar-refractivity contribution is -0.154. The first-order valence-corrected chi connectivity index (χ1v) is 6.18. The number of esters is 1. The predicted octanol–water partition coefficient (Wildman–Crippen LogP) is 1.34. The highest BCUT2D eigenvalue weighted by molar-refractivity contribution is 5.86. The smallest absolute Gasteiger partial charge is 0.328 e. The third-order valence-electron chi connectivity index (χ3n) is 3.48. The second kappa shape index (κ2) is 4.85. The Balaban J connectivity index is 1.88. The van der Waals surface area contributed by atoms with E-state index in [2.05, 4.69) is 6.92 Å². The Labute approximate surface area is 95.9 Å². The SMILES string of the molecule is CCCCOC(=O)[C@H]1CC[C@@H]2CC(=O)N1C2. The van der Waals surface area contributed by atoms with Crippen molar-refractivity contribution in [1.29, 1.82) is 0 Å². The van der Waals surface area contributed by atoms with Crippen molar-refractivity contribution in [3.8, 4) is 0 Å². The molecule has 0 radical (unpaired) electrons. The van der Waals surface area contributed by atoms with Gasteiger partial charge in [0, 0.05) is 13.0 Å². The van der Waals surface area contributed by atoms with E-state index in [9.17, 15) is 9.59 Å². The summed E-state index contributed by atoms with van der Waals surface area (Å²) >= 11 is 0. The van der Waals surface area contributed by atoms with Gasteiger partial charge in [0.1, 0.15) is 6.04 Å². The fraction of sp³-hybridized carbons (Fsp3) is 0.833. The van der Waals surface area contributed by atoms with Gasteiger partial charge >= 0.3 is 5.97 Å². The summed E-state index contributed by atoms with van der Waals surface area (Å²) in [5.41, 5.74) is 0. The number of ether oxygens (including phenoxy) is 1. The Kier molecular flexibility index (Phi) is 3.46. The number of nitrogens with zero attached hydrogens (tertiary/aromatic N) is 1. The molecule has 0 aromatic rings. The number of hydrogen-bond donors (Lipinski definition) is 0. The minimum absolute atomic E-state index is 0.125. The summed E-state index contributed by atoms with van der Waals surface area (Å²) in [7, 11) is 0. The lowest BCUT2D eigenvalue weighted by Crippen LogP contribution is -2.45. The van der Waals surface area contributed by atoms with Gasteiger partial charge in [-0.1, -0.05) is 13.3 Å². The van der Waals surface area contributed by atoms with Gasteiger partial charge in [0.05, 0.1) is 6.61 Å². The van der Waals surface area contributed by atoms with Gasteiger partial charge in [0.2, 0.25) is 5.91 Å². The molecule has 0 unspecified atom stereocenters. The average molecular weight is 225 g/mol. The van der Waals surface area contributed by atoms with Gasteiger partial charge in [-0.25, -0.2) is 4.79 Å². The van der Waals surface area contributed by atoms with Crippen LogP contribution in [0, 0.1) is 5.92 Å². The van der Waals surface area contributed by atoms with E-state index in [0.717, 1.165) is 32.2 Å². The molecule has 2 rings (SSSR count). The van der Waals surface area contributed by atoms with E-state index in [1.165, 1.54) is 0 Å². The summed E-state index contributed by atoms with van der Waals surface area (Å²) in [6.07, 6.45) is 4.30. The molecule has 2 fully saturated rings. The molecule has 0 N–H and O–H groups in total. The second-order valence-corrected chi connectivity index (χ2v) is 4.73. The van der Waals surface area contributed by atoms with Crippen molar-refractivity contribution in [2.45, 2.75) is 45.1 Å². The fourth-order valence-electron chi connectivity index (χ4n) is 2.51. The zero-order valence-electron chi connectivity index (χ0n) is 9.78. The van der Waals surface area contributed by atoms with Gasteiger partial charge in [-0.15, -0.1) is 0 Å². The average Bonchev–Trinajstić information content (AvgIpc) is 2.55. The van der Waals surface area contributed by atoms with Gasteiger partial charge in [-0.2, -0.15) is 0 Å². The molecule has 0 aliphatic carbocycles. The molecule has 90 valence electrons. The third-order valence-corrected chi connectivity index (χ3v) is 3.48. The number of hydrogen-bond acceptors (Lipinski definition) is 3. The van der Waals surface area contributed by atoms with Crippen LogP contribution in [0.4, 0.5) is 0 Å². The molecule has 0 aromatic carbocycles. The summed E-state index contributed by atoms with van der Waals surface area (Å²) in [5.74, 6) is 0.397. The highest BCUT2D eigenvalue weighted by Gasteiger charge is 2.42. The molecular formula is C12H19NO3. The molecule has 16 heavy (non-hydrogen) atoms. The third kappa shape index (κ3) is 2.20. The Hall–Kier alpha value is -1.06. The van der Waals surface area contributed by atoms with Crippen molar-refractivity contribution < 1.29 is 14.3 Å². The van der Waals surface area contributed by atoms with Crippen molar-refractivity contribution in [2.75, 3.05) is 13.2 Å². The molecule has 4 nitrogen and oxygen atoms in total. The van der Waals surface area contributed by atoms with Gasteiger partial charge in [0.15, 0.2) is 0 Å². The van der Waals surface area contributed by atoms with E-state index in [0.29, 0.717) is 18.9 Å². The zero-order valence-corrected chi connectivity index (χ0v) is 9.78. The summed E-state index contributed by atoms with van der Waals surface area (Å²) in [6.45, 7) is 3.30. The van der Waals surface area contributed by atoms with E-state index < -0.39 is 0 Å². The van der Waals surface area contributed by atoms with E-state index in [4.69, 9.17) is 4.74 Å². The number of carbonyl (C=O) groups excluding carboxylic acids is 2. The topological polar surface area (TPSA) is 46.6 Å². The van der Waals surface area contributed by atoms with Gasteiger partial charge in [0.25, 0.3) is 0 Å². The zero-order chi connectivity index (χ0) is 11.5. The lowest BCUT2D eigenvalue weighted by atomic mass is 9.96. The number of rotatable bonds is 4. The van der Waals surface area contributed by atoms with Crippen LogP contribution in [-0.4, -0.2) is 36.0 Å². The maximum absolute atomic E-state index is 11.8. The molecule has 4 heteroatoms. The standard InChI is InChI=1S/C12H19NO3/c1-2-3-6-16-12(15)10-5-4-9-7-11(14)13(10)8-9/h9-10H,2-8H2,1H3/t9-,10-/m1/s1. The number of piperidine rings is 1. The monoisotopic (exact) mass is 225 g/mol. The summed E-state index contributed by atoms with van der Waals surface area (Å²) in [4.78, 5) is 25.1. The van der Waals surface area contributed by atoms with Crippen molar-refractivity contribution >= 4 is 11.9 Å². The summed E-state index contributed by atoms with van der Waals surface area (Å²) < 4.78 is 5.19. The number of carbonyl (C=O) groups is 2. The quantitative estimate of drug-likeness (QED) is 0.536. The second-order valence-electron chi connectivity index (χ2n) is 4.73. The van der Waals surface area contributed by atoms with Crippen LogP contribution in [0.1, 0.15) is 39.0 Å². The van der Waals surface area contributed by atoms with Crippen LogP contribution < -0.4 is 0 Å². The van der Waals surface area contributed by atoms with Crippen LogP contribution in [0.5, 0.6) is 0 Å². The van der Waals surface area contributed by atoms with Crippen LogP contribution >= 0.6 is 0 Å². The molecule has 0 aromatic heterocycles. The first-order valence-electron chi connectivity index (χ1n) is 6.18. The van der Waals surface area contributed by atoms with Crippen LogP contribution in [0.3, 0.4) is 0 Å². The summed E-state index contributed by atoms with van der Waals surface area (Å²) in [6, 6.07) is -0.303. The van der Waals surface area contributed by atoms with Crippen molar-refractivity contribution in [2.24, 2.45) is 5.92 Å². The molecule has 2 aliphatic heterocycles. The van der Waals surface area contributed by atoms with Crippen LogP contribution in [0.25, 0.3) is 0 Å². The Morgan fingerprint density at radius 1 is 1.50 bits per heavy atom. The normalized spacial score (nSPS) is 28.3. The van der Waals surface area contributed by atoms with Gasteiger partial charge in [-0.05, 0) is 25.2 Å². The molecule has 2 saturated heterocycles. The molecule has 1 amide bonds. The number of fused-ring (bicyclic) bond motifs is 2. The van der Waals surface area contributed by atoms with Gasteiger partial charge < -0.3 is 9.64 Å². The van der Waals surface area contributed by atoms with Crippen LogP contribution in [-0.2, 0) is 14.3 Å². The number of unbranched alkanes of at least 4 members (excludes halogenated alkanes) is 1. The lowest BCUT2D eigenvalue weighted by Gasteiger charge is -2.30. The largest absolute Gasteiger partial charge is 0.464 e. The van der Waals surface area contributed by atoms with Gasteiger partial charge in [-0.3, -0.25) is 4.79 Å².